The van der Waals surface area contributed by atoms with Crippen molar-refractivity contribution < 1.29 is 14.3 Å². The maximum absolute atomic E-state index is 11.4. The summed E-state index contributed by atoms with van der Waals surface area (Å²) in [5.41, 5.74) is 0.734. The number of rotatable bonds is 4. The van der Waals surface area contributed by atoms with Gasteiger partial charge >= 0.3 is 0 Å². The van der Waals surface area contributed by atoms with Gasteiger partial charge in [0.1, 0.15) is 12.4 Å². The molecule has 96 valence electrons. The van der Waals surface area contributed by atoms with Gasteiger partial charge in [-0.2, -0.15) is 5.10 Å². The number of fused-ring (bicyclic) bond motifs is 1. The summed E-state index contributed by atoms with van der Waals surface area (Å²) in [6.07, 6.45) is 1.65. The number of halogens is 1. The average molecular weight is 313 g/mol. The molecule has 6 heteroatoms. The van der Waals surface area contributed by atoms with E-state index in [0.717, 1.165) is 15.4 Å². The largest absolute Gasteiger partial charge is 0.490 e. The summed E-state index contributed by atoms with van der Waals surface area (Å²) in [4.78, 5) is 11.4. The molecule has 5 nitrogen and oxygen atoms in total. The highest BCUT2D eigenvalue weighted by atomic mass is 79.9. The Kier molecular flexibility index (Phi) is 3.98. The van der Waals surface area contributed by atoms with E-state index in [-0.39, 0.29) is 5.91 Å². The molecule has 0 N–H and O–H groups in total. The van der Waals surface area contributed by atoms with Gasteiger partial charge in [-0.15, -0.1) is 0 Å². The molecule has 2 aromatic rings. The van der Waals surface area contributed by atoms with Crippen LogP contribution in [0.15, 0.2) is 22.8 Å². The van der Waals surface area contributed by atoms with Gasteiger partial charge in [-0.25, -0.2) is 4.68 Å². The number of hydrogen-bond acceptors (Lipinski definition) is 4. The smallest absolute Gasteiger partial charge is 0.244 e. The number of carbonyl (C=O) groups is 1. The quantitative estimate of drug-likeness (QED) is 0.814. The molecule has 2 rings (SSSR count). The van der Waals surface area contributed by atoms with Crippen molar-refractivity contribution in [2.24, 2.45) is 0 Å². The number of nitrogens with zero attached hydrogens (tertiary/aromatic N) is 2. The molecule has 1 aromatic carbocycles. The number of methoxy groups -OCH3 is 1. The first-order chi connectivity index (χ1) is 8.63. The highest BCUT2D eigenvalue weighted by Crippen LogP contribution is 2.30. The van der Waals surface area contributed by atoms with Crippen molar-refractivity contribution in [3.05, 3.63) is 22.8 Å². The first-order valence-electron chi connectivity index (χ1n) is 5.43. The summed E-state index contributed by atoms with van der Waals surface area (Å²) in [7, 11) is 1.62. The monoisotopic (exact) mass is 312 g/mol. The van der Waals surface area contributed by atoms with E-state index in [9.17, 15) is 4.79 Å². The van der Waals surface area contributed by atoms with Crippen LogP contribution in [0.1, 0.15) is 11.7 Å². The van der Waals surface area contributed by atoms with Crippen molar-refractivity contribution >= 4 is 32.7 Å². The molecule has 0 radical (unpaired) electrons. The summed E-state index contributed by atoms with van der Waals surface area (Å²) >= 11 is 3.43. The van der Waals surface area contributed by atoms with Crippen molar-refractivity contribution in [2.45, 2.75) is 6.92 Å². The van der Waals surface area contributed by atoms with Crippen LogP contribution in [0.3, 0.4) is 0 Å². The minimum absolute atomic E-state index is 0.129. The van der Waals surface area contributed by atoms with Crippen LogP contribution in [0.4, 0.5) is 0 Å². The summed E-state index contributed by atoms with van der Waals surface area (Å²) in [6.45, 7) is 2.44. The lowest BCUT2D eigenvalue weighted by Gasteiger charge is -2.08. The van der Waals surface area contributed by atoms with Crippen molar-refractivity contribution in [1.29, 1.82) is 0 Å². The lowest BCUT2D eigenvalue weighted by atomic mass is 10.2. The van der Waals surface area contributed by atoms with Crippen LogP contribution in [-0.2, 0) is 4.74 Å². The molecule has 0 aliphatic rings. The van der Waals surface area contributed by atoms with E-state index in [2.05, 4.69) is 21.0 Å². The zero-order valence-corrected chi connectivity index (χ0v) is 11.7. The van der Waals surface area contributed by atoms with Gasteiger partial charge in [-0.1, -0.05) is 0 Å². The molecule has 0 amide bonds. The maximum atomic E-state index is 11.4. The normalized spacial score (nSPS) is 10.8. The van der Waals surface area contributed by atoms with E-state index in [0.29, 0.717) is 19.0 Å². The van der Waals surface area contributed by atoms with Crippen LogP contribution in [0.2, 0.25) is 0 Å². The molecule has 0 aliphatic carbocycles. The molecule has 18 heavy (non-hydrogen) atoms. The third-order valence-electron chi connectivity index (χ3n) is 2.46. The Morgan fingerprint density at radius 1 is 1.44 bits per heavy atom. The zero-order chi connectivity index (χ0) is 13.1. The molecule has 0 unspecified atom stereocenters. The van der Waals surface area contributed by atoms with E-state index in [1.165, 1.54) is 11.6 Å². The summed E-state index contributed by atoms with van der Waals surface area (Å²) in [6, 6.07) is 3.67. The Hall–Kier alpha value is -1.40. The fourth-order valence-corrected chi connectivity index (χ4v) is 2.10. The molecule has 1 heterocycles. The standard InChI is InChI=1S/C12H13BrN2O3/c1-8(16)15-11-6-12(18-4-3-17-2)10(13)5-9(11)7-14-15/h5-7H,3-4H2,1-2H3. The van der Waals surface area contributed by atoms with Gasteiger partial charge in [0.05, 0.1) is 22.8 Å². The summed E-state index contributed by atoms with van der Waals surface area (Å²) in [5.74, 6) is 0.540. The number of benzene rings is 1. The van der Waals surface area contributed by atoms with E-state index < -0.39 is 0 Å². The van der Waals surface area contributed by atoms with E-state index in [1.807, 2.05) is 6.07 Å². The SMILES string of the molecule is COCCOc1cc2c(cnn2C(C)=O)cc1Br. The predicted octanol–water partition coefficient (Wildman–Crippen LogP) is 2.48. The molecule has 0 saturated heterocycles. The minimum Gasteiger partial charge on any atom is -0.490 e. The predicted molar refractivity (Wildman–Crippen MR) is 71.1 cm³/mol. The molecule has 0 saturated carbocycles. The Morgan fingerprint density at radius 3 is 2.89 bits per heavy atom. The lowest BCUT2D eigenvalue weighted by Crippen LogP contribution is -2.07. The Balaban J connectivity index is 2.38. The Bertz CT molecular complexity index is 580. The second-order valence-electron chi connectivity index (χ2n) is 3.76. The number of aromatic nitrogens is 2. The Labute approximate surface area is 113 Å². The van der Waals surface area contributed by atoms with Gasteiger partial charge < -0.3 is 9.47 Å². The number of ether oxygens (including phenoxy) is 2. The molecule has 0 spiro atoms. The first kappa shape index (κ1) is 13.0. The third kappa shape index (κ3) is 2.54. The molecule has 0 bridgehead atoms. The van der Waals surface area contributed by atoms with Crippen LogP contribution in [0, 0.1) is 0 Å². The lowest BCUT2D eigenvalue weighted by molar-refractivity contribution is 0.0926. The van der Waals surface area contributed by atoms with Gasteiger partial charge in [0.15, 0.2) is 0 Å². The van der Waals surface area contributed by atoms with Crippen molar-refractivity contribution in [3.8, 4) is 5.75 Å². The maximum Gasteiger partial charge on any atom is 0.244 e. The van der Waals surface area contributed by atoms with E-state index in [1.54, 1.807) is 19.4 Å². The van der Waals surface area contributed by atoms with Gasteiger partial charge in [-0.3, -0.25) is 4.79 Å². The molecular weight excluding hydrogens is 300 g/mol. The van der Waals surface area contributed by atoms with Crippen LogP contribution in [0.25, 0.3) is 10.9 Å². The molecule has 0 fully saturated rings. The summed E-state index contributed by atoms with van der Waals surface area (Å²) in [5, 5.41) is 4.92. The fraction of sp³-hybridized carbons (Fsp3) is 0.333. The van der Waals surface area contributed by atoms with Crippen molar-refractivity contribution in [2.75, 3.05) is 20.3 Å². The van der Waals surface area contributed by atoms with Crippen LogP contribution >= 0.6 is 15.9 Å². The number of carbonyl (C=O) groups excluding carboxylic acids is 1. The second kappa shape index (κ2) is 5.49. The number of hydrogen-bond donors (Lipinski definition) is 0. The van der Waals surface area contributed by atoms with Gasteiger partial charge in [0.25, 0.3) is 0 Å². The highest BCUT2D eigenvalue weighted by Gasteiger charge is 2.10. The summed E-state index contributed by atoms with van der Waals surface area (Å²) < 4.78 is 12.7. The molecule has 0 atom stereocenters. The third-order valence-corrected chi connectivity index (χ3v) is 3.08. The van der Waals surface area contributed by atoms with Crippen LogP contribution < -0.4 is 4.74 Å². The Morgan fingerprint density at radius 2 is 2.22 bits per heavy atom. The van der Waals surface area contributed by atoms with Crippen LogP contribution in [0.5, 0.6) is 5.75 Å². The molecule has 0 aliphatic heterocycles. The van der Waals surface area contributed by atoms with Crippen LogP contribution in [-0.4, -0.2) is 36.0 Å². The van der Waals surface area contributed by atoms with Crippen molar-refractivity contribution in [1.82, 2.24) is 9.78 Å². The van der Waals surface area contributed by atoms with E-state index >= 15 is 0 Å². The van der Waals surface area contributed by atoms with Gasteiger partial charge in [-0.05, 0) is 22.0 Å². The van der Waals surface area contributed by atoms with Gasteiger partial charge in [0, 0.05) is 25.5 Å². The first-order valence-corrected chi connectivity index (χ1v) is 6.22. The van der Waals surface area contributed by atoms with E-state index in [4.69, 9.17) is 9.47 Å². The zero-order valence-electron chi connectivity index (χ0n) is 10.1. The average Bonchev–Trinajstić information content (AvgIpc) is 2.72. The molecule has 1 aromatic heterocycles. The second-order valence-corrected chi connectivity index (χ2v) is 4.61. The van der Waals surface area contributed by atoms with Crippen molar-refractivity contribution in [3.63, 3.8) is 0 Å². The van der Waals surface area contributed by atoms with Gasteiger partial charge in [0.2, 0.25) is 5.91 Å². The molecular formula is C12H13BrN2O3. The fourth-order valence-electron chi connectivity index (χ4n) is 1.62. The topological polar surface area (TPSA) is 53.4 Å². The highest BCUT2D eigenvalue weighted by molar-refractivity contribution is 9.10. The minimum atomic E-state index is -0.129.